The Morgan fingerprint density at radius 1 is 0.909 bits per heavy atom. The van der Waals surface area contributed by atoms with Gasteiger partial charge in [-0.1, -0.05) is 30.5 Å². The lowest BCUT2D eigenvalue weighted by Gasteiger charge is -2.19. The van der Waals surface area contributed by atoms with Crippen LogP contribution in [0.15, 0.2) is 48.5 Å². The highest BCUT2D eigenvalue weighted by atomic mass is 35.5. The number of hydrogen-bond donors (Lipinski definition) is 0. The first-order valence-corrected chi connectivity index (χ1v) is 11.6. The van der Waals surface area contributed by atoms with E-state index in [2.05, 4.69) is 0 Å². The van der Waals surface area contributed by atoms with E-state index in [9.17, 15) is 19.2 Å². The second-order valence-corrected chi connectivity index (χ2v) is 9.25. The second kappa shape index (κ2) is 8.63. The van der Waals surface area contributed by atoms with Crippen LogP contribution in [0.3, 0.4) is 0 Å². The van der Waals surface area contributed by atoms with Gasteiger partial charge >= 0.3 is 5.97 Å². The molecule has 2 aliphatic heterocycles. The van der Waals surface area contributed by atoms with Gasteiger partial charge in [0, 0.05) is 29.7 Å². The van der Waals surface area contributed by atoms with Gasteiger partial charge in [0.2, 0.25) is 17.7 Å². The number of esters is 1. The SMILES string of the molecule is O=C(Oc1cccc(N2C(=O)[C@@H]3CCCC[C@H]3C2=O)c1)[C@H]1CC(=O)N(c2ccc(Cl)cc2)C1. The average molecular weight is 467 g/mol. The molecule has 7 nitrogen and oxygen atoms in total. The summed E-state index contributed by atoms with van der Waals surface area (Å²) in [6.07, 6.45) is 3.44. The summed E-state index contributed by atoms with van der Waals surface area (Å²) in [5.41, 5.74) is 1.09. The van der Waals surface area contributed by atoms with Crippen LogP contribution < -0.4 is 14.5 Å². The number of anilines is 2. The molecule has 0 aromatic heterocycles. The largest absolute Gasteiger partial charge is 0.426 e. The maximum atomic E-state index is 12.9. The molecule has 3 amide bonds. The Labute approximate surface area is 196 Å². The van der Waals surface area contributed by atoms with E-state index in [0.717, 1.165) is 25.7 Å². The summed E-state index contributed by atoms with van der Waals surface area (Å²) >= 11 is 5.91. The molecule has 0 radical (unpaired) electrons. The van der Waals surface area contributed by atoms with Crippen LogP contribution in [0, 0.1) is 17.8 Å². The van der Waals surface area contributed by atoms with Gasteiger partial charge in [-0.15, -0.1) is 0 Å². The first kappa shape index (κ1) is 21.6. The van der Waals surface area contributed by atoms with Crippen molar-refractivity contribution in [1.29, 1.82) is 0 Å². The number of carbonyl (C=O) groups excluding carboxylic acids is 4. The molecule has 0 N–H and O–H groups in total. The Balaban J connectivity index is 1.29. The molecular formula is C25H23ClN2O5. The summed E-state index contributed by atoms with van der Waals surface area (Å²) in [6, 6.07) is 13.3. The fourth-order valence-corrected chi connectivity index (χ4v) is 5.16. The number of ether oxygens (including phenoxy) is 1. The molecular weight excluding hydrogens is 444 g/mol. The van der Waals surface area contributed by atoms with Crippen LogP contribution in [0.1, 0.15) is 32.1 Å². The molecule has 170 valence electrons. The van der Waals surface area contributed by atoms with E-state index < -0.39 is 11.9 Å². The van der Waals surface area contributed by atoms with Gasteiger partial charge in [-0.3, -0.25) is 19.2 Å². The van der Waals surface area contributed by atoms with Gasteiger partial charge in [0.1, 0.15) is 5.75 Å². The van der Waals surface area contributed by atoms with Crippen LogP contribution in [0.25, 0.3) is 0 Å². The minimum Gasteiger partial charge on any atom is -0.426 e. The van der Waals surface area contributed by atoms with Crippen molar-refractivity contribution < 1.29 is 23.9 Å². The van der Waals surface area contributed by atoms with Crippen LogP contribution in [0.5, 0.6) is 5.75 Å². The summed E-state index contributed by atoms with van der Waals surface area (Å²) in [5.74, 6) is -1.91. The van der Waals surface area contributed by atoms with Gasteiger partial charge in [0.05, 0.1) is 23.4 Å². The highest BCUT2D eigenvalue weighted by molar-refractivity contribution is 6.30. The Morgan fingerprint density at radius 2 is 1.58 bits per heavy atom. The second-order valence-electron chi connectivity index (χ2n) is 8.81. The summed E-state index contributed by atoms with van der Waals surface area (Å²) < 4.78 is 5.55. The number of imide groups is 1. The molecule has 5 rings (SSSR count). The van der Waals surface area contributed by atoms with E-state index in [1.165, 1.54) is 4.90 Å². The minimum atomic E-state index is -0.616. The van der Waals surface area contributed by atoms with Crippen LogP contribution in [-0.4, -0.2) is 30.2 Å². The maximum Gasteiger partial charge on any atom is 0.316 e. The molecule has 2 aromatic carbocycles. The Hall–Kier alpha value is -3.19. The Kier molecular flexibility index (Phi) is 5.66. The van der Waals surface area contributed by atoms with Crippen molar-refractivity contribution in [1.82, 2.24) is 0 Å². The van der Waals surface area contributed by atoms with Crippen molar-refractivity contribution in [3.05, 3.63) is 53.6 Å². The average Bonchev–Trinajstić information content (AvgIpc) is 3.32. The minimum absolute atomic E-state index is 0.0492. The third kappa shape index (κ3) is 4.02. The van der Waals surface area contributed by atoms with Gasteiger partial charge in [0.25, 0.3) is 0 Å². The van der Waals surface area contributed by atoms with Crippen LogP contribution in [0.4, 0.5) is 11.4 Å². The van der Waals surface area contributed by atoms with Crippen molar-refractivity contribution in [3.8, 4) is 5.75 Å². The maximum absolute atomic E-state index is 12.9. The van der Waals surface area contributed by atoms with Crippen molar-refractivity contribution in [2.75, 3.05) is 16.3 Å². The van der Waals surface area contributed by atoms with E-state index in [1.54, 1.807) is 53.4 Å². The number of fused-ring (bicyclic) bond motifs is 1. The highest BCUT2D eigenvalue weighted by Crippen LogP contribution is 2.40. The van der Waals surface area contributed by atoms with Gasteiger partial charge < -0.3 is 9.64 Å². The molecule has 1 aliphatic carbocycles. The third-order valence-electron chi connectivity index (χ3n) is 6.73. The summed E-state index contributed by atoms with van der Waals surface area (Å²) in [5, 5.41) is 0.565. The van der Waals surface area contributed by atoms with E-state index in [4.69, 9.17) is 16.3 Å². The van der Waals surface area contributed by atoms with Crippen molar-refractivity contribution in [2.24, 2.45) is 17.8 Å². The zero-order valence-corrected chi connectivity index (χ0v) is 18.7. The number of benzene rings is 2. The van der Waals surface area contributed by atoms with Gasteiger partial charge in [-0.2, -0.15) is 0 Å². The molecule has 8 heteroatoms. The lowest BCUT2D eigenvalue weighted by atomic mass is 9.81. The molecule has 2 heterocycles. The quantitative estimate of drug-likeness (QED) is 0.386. The monoisotopic (exact) mass is 466 g/mol. The number of nitrogens with zero attached hydrogens (tertiary/aromatic N) is 2. The van der Waals surface area contributed by atoms with E-state index >= 15 is 0 Å². The molecule has 0 spiro atoms. The number of amides is 3. The standard InChI is InChI=1S/C25H23ClN2O5/c26-16-8-10-17(11-9-16)27-14-15(12-22(27)29)25(32)33-19-5-3-4-18(13-19)28-23(30)20-6-1-2-7-21(20)24(28)31/h3-5,8-11,13,15,20-21H,1-2,6-7,12,14H2/t15-,20+,21+/m0/s1. The smallest absolute Gasteiger partial charge is 0.316 e. The Morgan fingerprint density at radius 3 is 2.24 bits per heavy atom. The first-order valence-electron chi connectivity index (χ1n) is 11.2. The molecule has 33 heavy (non-hydrogen) atoms. The van der Waals surface area contributed by atoms with Crippen molar-refractivity contribution in [2.45, 2.75) is 32.1 Å². The fraction of sp³-hybridized carbons (Fsp3) is 0.360. The summed E-state index contributed by atoms with van der Waals surface area (Å²) in [4.78, 5) is 53.8. The lowest BCUT2D eigenvalue weighted by Crippen LogP contribution is -2.31. The van der Waals surface area contributed by atoms with Gasteiger partial charge in [-0.25, -0.2) is 4.90 Å². The topological polar surface area (TPSA) is 84.0 Å². The molecule has 0 unspecified atom stereocenters. The van der Waals surface area contributed by atoms with E-state index in [1.807, 2.05) is 0 Å². The van der Waals surface area contributed by atoms with Crippen molar-refractivity contribution in [3.63, 3.8) is 0 Å². The molecule has 3 aliphatic rings. The van der Waals surface area contributed by atoms with Crippen LogP contribution >= 0.6 is 11.6 Å². The molecule has 1 saturated carbocycles. The van der Waals surface area contributed by atoms with E-state index in [0.29, 0.717) is 16.4 Å². The van der Waals surface area contributed by atoms with Gasteiger partial charge in [-0.05, 0) is 49.2 Å². The highest BCUT2D eigenvalue weighted by Gasteiger charge is 2.48. The molecule has 3 atom stereocenters. The predicted octanol–water partition coefficient (Wildman–Crippen LogP) is 3.98. The summed E-state index contributed by atoms with van der Waals surface area (Å²) in [6.45, 7) is 0.214. The zero-order valence-electron chi connectivity index (χ0n) is 17.9. The van der Waals surface area contributed by atoms with E-state index in [-0.39, 0.29) is 48.3 Å². The number of rotatable bonds is 4. The number of hydrogen-bond acceptors (Lipinski definition) is 5. The predicted molar refractivity (Wildman–Crippen MR) is 122 cm³/mol. The molecule has 3 fully saturated rings. The summed E-state index contributed by atoms with van der Waals surface area (Å²) in [7, 11) is 0. The molecule has 2 aromatic rings. The number of carbonyl (C=O) groups is 4. The first-order chi connectivity index (χ1) is 15.9. The lowest BCUT2D eigenvalue weighted by molar-refractivity contribution is -0.139. The number of halogens is 1. The normalized spacial score (nSPS) is 24.9. The zero-order chi connectivity index (χ0) is 23.1. The van der Waals surface area contributed by atoms with Gasteiger partial charge in [0.15, 0.2) is 0 Å². The molecule has 0 bridgehead atoms. The van der Waals surface area contributed by atoms with Crippen molar-refractivity contribution >= 4 is 46.7 Å². The van der Waals surface area contributed by atoms with Crippen LogP contribution in [-0.2, 0) is 19.2 Å². The Bertz CT molecular complexity index is 1110. The fourth-order valence-electron chi connectivity index (χ4n) is 5.04. The third-order valence-corrected chi connectivity index (χ3v) is 6.98. The van der Waals surface area contributed by atoms with Crippen LogP contribution in [0.2, 0.25) is 5.02 Å². The molecule has 2 saturated heterocycles.